The van der Waals surface area contributed by atoms with Crippen molar-refractivity contribution in [2.45, 2.75) is 26.1 Å². The first-order chi connectivity index (χ1) is 14.1. The molecule has 4 rings (SSSR count). The van der Waals surface area contributed by atoms with Gasteiger partial charge in [-0.15, -0.1) is 0 Å². The van der Waals surface area contributed by atoms with Crippen LogP contribution >= 0.6 is 0 Å². The number of nitrogens with zero attached hydrogens (tertiary/aromatic N) is 5. The number of benzene rings is 1. The van der Waals surface area contributed by atoms with E-state index >= 15 is 0 Å². The van der Waals surface area contributed by atoms with Gasteiger partial charge in [0.1, 0.15) is 5.82 Å². The number of rotatable bonds is 2. The van der Waals surface area contributed by atoms with Crippen LogP contribution in [-0.4, -0.2) is 36.9 Å². The van der Waals surface area contributed by atoms with Gasteiger partial charge in [-0.3, -0.25) is 14.2 Å². The van der Waals surface area contributed by atoms with Crippen molar-refractivity contribution in [3.63, 3.8) is 0 Å². The molecule has 0 spiro atoms. The van der Waals surface area contributed by atoms with Gasteiger partial charge < -0.3 is 4.90 Å². The Balaban J connectivity index is 1.69. The Morgan fingerprint density at radius 2 is 1.90 bits per heavy atom. The van der Waals surface area contributed by atoms with Crippen LogP contribution < -0.4 is 0 Å². The molecule has 1 aromatic carbocycles. The normalized spacial score (nSPS) is 14.2. The van der Waals surface area contributed by atoms with E-state index in [4.69, 9.17) is 0 Å². The summed E-state index contributed by atoms with van der Waals surface area (Å²) in [5, 5.41) is 8.13. The first kappa shape index (κ1) is 20.1. The van der Waals surface area contributed by atoms with E-state index in [1.807, 2.05) is 0 Å². The van der Waals surface area contributed by atoms with Gasteiger partial charge in [-0.2, -0.15) is 23.4 Å². The van der Waals surface area contributed by atoms with E-state index in [1.54, 1.807) is 20.0 Å². The summed E-state index contributed by atoms with van der Waals surface area (Å²) < 4.78 is 57.0. The van der Waals surface area contributed by atoms with Crippen molar-refractivity contribution >= 4 is 5.91 Å². The van der Waals surface area contributed by atoms with Gasteiger partial charge in [0.15, 0.2) is 5.69 Å². The van der Waals surface area contributed by atoms with E-state index in [0.717, 1.165) is 4.68 Å². The molecule has 0 fully saturated rings. The standard InChI is InChI=1S/C20H19F4N5O/c1-11-4-5-12(15(21)8-11)19(30)29-7-6-13-16(10-29)26-27(2)17(13)14-9-25-28(3)18(14)20(22,23)24/h4-5,8-9H,6-7,10H2,1-3H3. The fourth-order valence-corrected chi connectivity index (χ4v) is 3.94. The quantitative estimate of drug-likeness (QED) is 0.596. The maximum atomic E-state index is 14.2. The average molecular weight is 421 g/mol. The number of alkyl halides is 3. The fourth-order valence-electron chi connectivity index (χ4n) is 3.94. The monoisotopic (exact) mass is 421 g/mol. The molecule has 158 valence electrons. The predicted molar refractivity (Wildman–Crippen MR) is 100.0 cm³/mol. The molecule has 0 N–H and O–H groups in total. The summed E-state index contributed by atoms with van der Waals surface area (Å²) in [7, 11) is 2.80. The molecule has 2 aromatic heterocycles. The third-order valence-corrected chi connectivity index (χ3v) is 5.31. The van der Waals surface area contributed by atoms with Crippen LogP contribution in [0.3, 0.4) is 0 Å². The molecule has 1 amide bonds. The zero-order valence-electron chi connectivity index (χ0n) is 16.6. The van der Waals surface area contributed by atoms with Crippen LogP contribution in [0.5, 0.6) is 0 Å². The molecule has 0 radical (unpaired) electrons. The summed E-state index contributed by atoms with van der Waals surface area (Å²) in [4.78, 5) is 14.2. The van der Waals surface area contributed by atoms with Gasteiger partial charge in [0.05, 0.1) is 35.3 Å². The Morgan fingerprint density at radius 3 is 2.57 bits per heavy atom. The number of halogens is 4. The van der Waals surface area contributed by atoms with Crippen LogP contribution in [0.2, 0.25) is 0 Å². The molecule has 1 aliphatic rings. The van der Waals surface area contributed by atoms with Crippen molar-refractivity contribution in [3.8, 4) is 11.3 Å². The number of aryl methyl sites for hydroxylation is 3. The lowest BCUT2D eigenvalue weighted by Gasteiger charge is -2.27. The lowest BCUT2D eigenvalue weighted by Crippen LogP contribution is -2.36. The third kappa shape index (κ3) is 3.25. The van der Waals surface area contributed by atoms with Gasteiger partial charge in [0, 0.05) is 26.2 Å². The van der Waals surface area contributed by atoms with E-state index in [-0.39, 0.29) is 24.2 Å². The highest BCUT2D eigenvalue weighted by molar-refractivity contribution is 5.94. The molecule has 0 unspecified atom stereocenters. The number of aromatic nitrogens is 4. The summed E-state index contributed by atoms with van der Waals surface area (Å²) in [6.07, 6.45) is -3.08. The predicted octanol–water partition coefficient (Wildman–Crippen LogP) is 3.49. The van der Waals surface area contributed by atoms with Crippen molar-refractivity contribution < 1.29 is 22.4 Å². The van der Waals surface area contributed by atoms with Crippen LogP contribution in [0, 0.1) is 12.7 Å². The molecule has 0 saturated heterocycles. The minimum absolute atomic E-state index is 0.0354. The van der Waals surface area contributed by atoms with E-state index in [0.29, 0.717) is 28.9 Å². The Labute approximate surface area is 169 Å². The van der Waals surface area contributed by atoms with E-state index < -0.39 is 23.6 Å². The summed E-state index contributed by atoms with van der Waals surface area (Å²) in [6, 6.07) is 4.39. The minimum atomic E-state index is -4.57. The van der Waals surface area contributed by atoms with Gasteiger partial charge in [0.2, 0.25) is 0 Å². The maximum Gasteiger partial charge on any atom is 0.433 e. The van der Waals surface area contributed by atoms with Crippen LogP contribution in [0.15, 0.2) is 24.4 Å². The van der Waals surface area contributed by atoms with E-state index in [9.17, 15) is 22.4 Å². The first-order valence-electron chi connectivity index (χ1n) is 9.27. The molecule has 6 nitrogen and oxygen atoms in total. The second-order valence-corrected chi connectivity index (χ2v) is 7.39. The third-order valence-electron chi connectivity index (χ3n) is 5.31. The van der Waals surface area contributed by atoms with Crippen molar-refractivity contribution in [2.24, 2.45) is 14.1 Å². The Hall–Kier alpha value is -3.17. The van der Waals surface area contributed by atoms with Gasteiger partial charge >= 0.3 is 6.18 Å². The number of hydrogen-bond donors (Lipinski definition) is 0. The number of hydrogen-bond acceptors (Lipinski definition) is 3. The van der Waals surface area contributed by atoms with Gasteiger partial charge in [-0.1, -0.05) is 6.07 Å². The highest BCUT2D eigenvalue weighted by Gasteiger charge is 2.40. The van der Waals surface area contributed by atoms with Crippen molar-refractivity contribution in [3.05, 3.63) is 58.3 Å². The summed E-state index contributed by atoms with van der Waals surface area (Å²) in [5.41, 5.74) is 1.24. The highest BCUT2D eigenvalue weighted by Crippen LogP contribution is 2.39. The smallest absolute Gasteiger partial charge is 0.332 e. The van der Waals surface area contributed by atoms with Crippen molar-refractivity contribution in [1.82, 2.24) is 24.5 Å². The summed E-state index contributed by atoms with van der Waals surface area (Å²) in [6.45, 7) is 2.07. The van der Waals surface area contributed by atoms with Crippen molar-refractivity contribution in [1.29, 1.82) is 0 Å². The zero-order valence-corrected chi connectivity index (χ0v) is 16.6. The number of amides is 1. The molecule has 3 aromatic rings. The number of carbonyl (C=O) groups is 1. The fraction of sp³-hybridized carbons (Fsp3) is 0.350. The number of fused-ring (bicyclic) bond motifs is 1. The molecule has 0 bridgehead atoms. The molecule has 0 aliphatic carbocycles. The number of carbonyl (C=O) groups excluding carboxylic acids is 1. The van der Waals surface area contributed by atoms with E-state index in [1.165, 1.54) is 35.0 Å². The zero-order chi connectivity index (χ0) is 21.8. The van der Waals surface area contributed by atoms with Gasteiger partial charge in [-0.25, -0.2) is 4.39 Å². The van der Waals surface area contributed by atoms with Crippen LogP contribution in [-0.2, 0) is 33.2 Å². The average Bonchev–Trinajstić information content (AvgIpc) is 3.18. The van der Waals surface area contributed by atoms with Crippen molar-refractivity contribution in [2.75, 3.05) is 6.54 Å². The lowest BCUT2D eigenvalue weighted by molar-refractivity contribution is -0.143. The molecular weight excluding hydrogens is 402 g/mol. The van der Waals surface area contributed by atoms with E-state index in [2.05, 4.69) is 10.2 Å². The second-order valence-electron chi connectivity index (χ2n) is 7.39. The van der Waals surface area contributed by atoms with Crippen LogP contribution in [0.1, 0.15) is 32.9 Å². The SMILES string of the molecule is Cc1ccc(C(=O)N2CCc3c(nn(C)c3-c3cnn(C)c3C(F)(F)F)C2)c(F)c1. The minimum Gasteiger partial charge on any atom is -0.332 e. The van der Waals surface area contributed by atoms with Crippen LogP contribution in [0.4, 0.5) is 17.6 Å². The van der Waals surface area contributed by atoms with Gasteiger partial charge in [-0.05, 0) is 31.0 Å². The second kappa shape index (κ2) is 6.96. The topological polar surface area (TPSA) is 56.0 Å². The molecule has 0 atom stereocenters. The van der Waals surface area contributed by atoms with Crippen LogP contribution in [0.25, 0.3) is 11.3 Å². The summed E-state index contributed by atoms with van der Waals surface area (Å²) in [5.74, 6) is -1.07. The molecule has 3 heterocycles. The highest BCUT2D eigenvalue weighted by atomic mass is 19.4. The molecule has 10 heteroatoms. The Bertz CT molecular complexity index is 1150. The summed E-state index contributed by atoms with van der Waals surface area (Å²) >= 11 is 0. The molecule has 0 saturated carbocycles. The Kier molecular flexibility index (Phi) is 4.67. The first-order valence-corrected chi connectivity index (χ1v) is 9.27. The Morgan fingerprint density at radius 1 is 1.17 bits per heavy atom. The largest absolute Gasteiger partial charge is 0.433 e. The molecular formula is C20H19F4N5O. The molecule has 1 aliphatic heterocycles. The molecule has 30 heavy (non-hydrogen) atoms. The van der Waals surface area contributed by atoms with Gasteiger partial charge in [0.25, 0.3) is 5.91 Å². The maximum absolute atomic E-state index is 14.2. The lowest BCUT2D eigenvalue weighted by atomic mass is 9.99.